The highest BCUT2D eigenvalue weighted by Crippen LogP contribution is 2.27. The molecule has 7 heteroatoms. The molecule has 178 valence electrons. The van der Waals surface area contributed by atoms with Crippen molar-refractivity contribution >= 4 is 15.9 Å². The molecular formula is C26H35N3O3S. The topological polar surface area (TPSA) is 69.7 Å². The fourth-order valence-corrected chi connectivity index (χ4v) is 6.26. The van der Waals surface area contributed by atoms with Crippen LogP contribution in [0.25, 0.3) is 0 Å². The van der Waals surface area contributed by atoms with Gasteiger partial charge in [0.2, 0.25) is 10.0 Å². The number of carbonyl (C=O) groups is 1. The Hall–Kier alpha value is -2.22. The third kappa shape index (κ3) is 5.15. The molecule has 0 radical (unpaired) electrons. The maximum Gasteiger partial charge on any atom is 0.252 e. The zero-order valence-electron chi connectivity index (χ0n) is 19.9. The van der Waals surface area contributed by atoms with E-state index in [-0.39, 0.29) is 16.8 Å². The van der Waals surface area contributed by atoms with Crippen LogP contribution in [0.3, 0.4) is 0 Å². The van der Waals surface area contributed by atoms with Crippen molar-refractivity contribution in [2.75, 3.05) is 33.2 Å². The highest BCUT2D eigenvalue weighted by molar-refractivity contribution is 7.89. The lowest BCUT2D eigenvalue weighted by molar-refractivity contribution is 0.0934. The molecule has 0 bridgehead atoms. The smallest absolute Gasteiger partial charge is 0.252 e. The number of nitrogens with zero attached hydrogens (tertiary/aromatic N) is 2. The Morgan fingerprint density at radius 1 is 1.00 bits per heavy atom. The van der Waals surface area contributed by atoms with Crippen LogP contribution >= 0.6 is 0 Å². The van der Waals surface area contributed by atoms with E-state index in [2.05, 4.69) is 35.3 Å². The molecule has 0 saturated carbocycles. The molecule has 0 unspecified atom stereocenters. The number of amides is 1. The van der Waals surface area contributed by atoms with Crippen molar-refractivity contribution in [1.29, 1.82) is 0 Å². The van der Waals surface area contributed by atoms with Crippen molar-refractivity contribution in [1.82, 2.24) is 14.5 Å². The van der Waals surface area contributed by atoms with Gasteiger partial charge in [0, 0.05) is 31.7 Å². The Balaban J connectivity index is 1.55. The maximum absolute atomic E-state index is 13.3. The molecule has 33 heavy (non-hydrogen) atoms. The van der Waals surface area contributed by atoms with Crippen LogP contribution in [0, 0.1) is 6.92 Å². The van der Waals surface area contributed by atoms with Gasteiger partial charge in [0.25, 0.3) is 5.91 Å². The number of carbonyl (C=O) groups excluding carboxylic acids is 1. The third-order valence-corrected chi connectivity index (χ3v) is 8.94. The lowest BCUT2D eigenvalue weighted by Gasteiger charge is -2.31. The first-order chi connectivity index (χ1) is 15.8. The Labute approximate surface area is 198 Å². The van der Waals surface area contributed by atoms with Gasteiger partial charge in [-0.25, -0.2) is 8.42 Å². The molecular weight excluding hydrogens is 434 g/mol. The monoisotopic (exact) mass is 469 g/mol. The molecule has 2 aromatic carbocycles. The minimum Gasteiger partial charge on any atom is -0.345 e. The molecule has 1 aliphatic carbocycles. The van der Waals surface area contributed by atoms with Gasteiger partial charge in [-0.05, 0) is 80.5 Å². The van der Waals surface area contributed by atoms with Crippen molar-refractivity contribution in [3.05, 3.63) is 64.2 Å². The SMILES string of the molecule is CC[C@@H](NC(=O)c1cc(S(=O)(=O)N2CCN(C)CC2)ccc1C)c1ccc2c(c1)CCCC2. The molecule has 2 aromatic rings. The van der Waals surface area contributed by atoms with E-state index in [0.717, 1.165) is 30.4 Å². The van der Waals surface area contributed by atoms with Crippen LogP contribution in [-0.2, 0) is 22.9 Å². The summed E-state index contributed by atoms with van der Waals surface area (Å²) in [5, 5.41) is 3.16. The number of fused-ring (bicyclic) bond motifs is 1. The molecule has 0 aromatic heterocycles. The standard InChI is InChI=1S/C26H35N3O3S/c1-4-25(22-11-10-20-7-5-6-8-21(20)17-22)27-26(30)24-18-23(12-9-19(24)2)33(31,32)29-15-13-28(3)14-16-29/h9-12,17-18,25H,4-8,13-16H2,1-3H3,(H,27,30)/t25-/m1/s1. The van der Waals surface area contributed by atoms with E-state index in [0.29, 0.717) is 31.7 Å². The summed E-state index contributed by atoms with van der Waals surface area (Å²) >= 11 is 0. The van der Waals surface area contributed by atoms with Gasteiger partial charge in [-0.3, -0.25) is 4.79 Å². The summed E-state index contributed by atoms with van der Waals surface area (Å²) in [7, 11) is -1.64. The highest BCUT2D eigenvalue weighted by Gasteiger charge is 2.28. The van der Waals surface area contributed by atoms with Crippen LogP contribution in [0.5, 0.6) is 0 Å². The fourth-order valence-electron chi connectivity index (χ4n) is 4.81. The van der Waals surface area contributed by atoms with E-state index >= 15 is 0 Å². The van der Waals surface area contributed by atoms with E-state index in [1.807, 2.05) is 14.0 Å². The number of benzene rings is 2. The number of hydrogen-bond acceptors (Lipinski definition) is 4. The number of aryl methyl sites for hydroxylation is 3. The first-order valence-corrected chi connectivity index (χ1v) is 13.5. The number of likely N-dealkylation sites (N-methyl/N-ethyl adjacent to an activating group) is 1. The lowest BCUT2D eigenvalue weighted by Crippen LogP contribution is -2.47. The highest BCUT2D eigenvalue weighted by atomic mass is 32.2. The Morgan fingerprint density at radius 3 is 2.39 bits per heavy atom. The second kappa shape index (κ2) is 9.95. The van der Waals surface area contributed by atoms with Gasteiger partial charge in [-0.2, -0.15) is 4.31 Å². The van der Waals surface area contributed by atoms with Crippen LogP contribution in [0.15, 0.2) is 41.3 Å². The van der Waals surface area contributed by atoms with E-state index in [4.69, 9.17) is 0 Å². The lowest BCUT2D eigenvalue weighted by atomic mass is 9.88. The van der Waals surface area contributed by atoms with Gasteiger partial charge in [-0.1, -0.05) is 31.2 Å². The normalized spacial score (nSPS) is 18.5. The van der Waals surface area contributed by atoms with Gasteiger partial charge in [0.1, 0.15) is 0 Å². The molecule has 1 heterocycles. The number of nitrogens with one attached hydrogen (secondary N) is 1. The molecule has 1 saturated heterocycles. The molecule has 1 N–H and O–H groups in total. The molecule has 1 fully saturated rings. The average molecular weight is 470 g/mol. The zero-order valence-corrected chi connectivity index (χ0v) is 20.7. The third-order valence-electron chi connectivity index (χ3n) is 7.04. The van der Waals surface area contributed by atoms with Gasteiger partial charge < -0.3 is 10.2 Å². The summed E-state index contributed by atoms with van der Waals surface area (Å²) in [5.41, 5.74) is 5.11. The molecule has 4 rings (SSSR count). The minimum absolute atomic E-state index is 0.109. The van der Waals surface area contributed by atoms with E-state index < -0.39 is 10.0 Å². The molecule has 0 spiro atoms. The summed E-state index contributed by atoms with van der Waals surface area (Å²) < 4.78 is 27.9. The van der Waals surface area contributed by atoms with Crippen molar-refractivity contribution in [2.45, 2.75) is 56.9 Å². The van der Waals surface area contributed by atoms with Crippen LogP contribution in [-0.4, -0.2) is 56.8 Å². The summed E-state index contributed by atoms with van der Waals surface area (Å²) in [6.45, 7) is 6.25. The Kier molecular flexibility index (Phi) is 7.22. The van der Waals surface area contributed by atoms with Crippen LogP contribution < -0.4 is 5.32 Å². The Morgan fingerprint density at radius 2 is 1.70 bits per heavy atom. The van der Waals surface area contributed by atoms with Crippen LogP contribution in [0.2, 0.25) is 0 Å². The largest absolute Gasteiger partial charge is 0.345 e. The minimum atomic E-state index is -3.63. The van der Waals surface area contributed by atoms with E-state index in [1.54, 1.807) is 12.1 Å². The van der Waals surface area contributed by atoms with Crippen molar-refractivity contribution < 1.29 is 13.2 Å². The van der Waals surface area contributed by atoms with Crippen LogP contribution in [0.4, 0.5) is 0 Å². The number of rotatable bonds is 6. The number of hydrogen-bond donors (Lipinski definition) is 1. The second-order valence-corrected chi connectivity index (χ2v) is 11.3. The van der Waals surface area contributed by atoms with E-state index in [9.17, 15) is 13.2 Å². The molecule has 6 nitrogen and oxygen atoms in total. The quantitative estimate of drug-likeness (QED) is 0.701. The van der Waals surface area contributed by atoms with Gasteiger partial charge in [-0.15, -0.1) is 0 Å². The van der Waals surface area contributed by atoms with Crippen molar-refractivity contribution in [3.63, 3.8) is 0 Å². The molecule has 1 atom stereocenters. The summed E-state index contributed by atoms with van der Waals surface area (Å²) in [5.74, 6) is -0.229. The fraction of sp³-hybridized carbons (Fsp3) is 0.500. The average Bonchev–Trinajstić information content (AvgIpc) is 2.82. The predicted molar refractivity (Wildman–Crippen MR) is 131 cm³/mol. The molecule has 1 amide bonds. The maximum atomic E-state index is 13.3. The Bertz CT molecular complexity index is 1120. The first kappa shape index (κ1) is 23.9. The first-order valence-electron chi connectivity index (χ1n) is 12.0. The summed E-state index contributed by atoms with van der Waals surface area (Å²) in [6.07, 6.45) is 5.45. The number of sulfonamides is 1. The number of piperazine rings is 1. The molecule has 2 aliphatic rings. The summed E-state index contributed by atoms with van der Waals surface area (Å²) in [6, 6.07) is 11.3. The van der Waals surface area contributed by atoms with Gasteiger partial charge >= 0.3 is 0 Å². The molecule has 1 aliphatic heterocycles. The van der Waals surface area contributed by atoms with E-state index in [1.165, 1.54) is 34.3 Å². The summed E-state index contributed by atoms with van der Waals surface area (Å²) in [4.78, 5) is 15.6. The van der Waals surface area contributed by atoms with Crippen molar-refractivity contribution in [3.8, 4) is 0 Å². The second-order valence-electron chi connectivity index (χ2n) is 9.35. The van der Waals surface area contributed by atoms with Gasteiger partial charge in [0.05, 0.1) is 10.9 Å². The van der Waals surface area contributed by atoms with Crippen molar-refractivity contribution in [2.24, 2.45) is 0 Å². The van der Waals surface area contributed by atoms with Crippen LogP contribution in [0.1, 0.15) is 64.8 Å². The predicted octanol–water partition coefficient (Wildman–Crippen LogP) is 3.69. The zero-order chi connectivity index (χ0) is 23.6. The van der Waals surface area contributed by atoms with Gasteiger partial charge in [0.15, 0.2) is 0 Å².